The predicted octanol–water partition coefficient (Wildman–Crippen LogP) is 3.14. The first-order chi connectivity index (χ1) is 13.4. The molecule has 1 spiro atoms. The standard InChI is InChI=1S/C19H17Cl2N5O2/c20-11-7-12(17(27)13(21)8-11)18(28)23-14-9-25(10-19(14)3-4-19)16-2-1-15-22-5-6-26(15)24-16/h1-2,5-8,14,27H,3-4,9-10H2,(H,23,28)/t14-/m1/s1. The molecule has 5 rings (SSSR count). The Balaban J connectivity index is 1.38. The molecule has 1 saturated heterocycles. The van der Waals surface area contributed by atoms with Gasteiger partial charge in [0, 0.05) is 35.9 Å². The minimum absolute atomic E-state index is 0.0409. The van der Waals surface area contributed by atoms with Crippen LogP contribution < -0.4 is 10.2 Å². The maximum Gasteiger partial charge on any atom is 0.255 e. The van der Waals surface area contributed by atoms with Crippen molar-refractivity contribution in [1.29, 1.82) is 0 Å². The Morgan fingerprint density at radius 2 is 2.11 bits per heavy atom. The Kier molecular flexibility index (Phi) is 3.93. The van der Waals surface area contributed by atoms with Crippen molar-refractivity contribution in [2.24, 2.45) is 5.41 Å². The fourth-order valence-electron chi connectivity index (χ4n) is 3.96. The summed E-state index contributed by atoms with van der Waals surface area (Å²) in [4.78, 5) is 19.2. The third kappa shape index (κ3) is 2.86. The minimum Gasteiger partial charge on any atom is -0.506 e. The van der Waals surface area contributed by atoms with Gasteiger partial charge >= 0.3 is 0 Å². The van der Waals surface area contributed by atoms with Crippen molar-refractivity contribution in [3.8, 4) is 5.75 Å². The molecule has 144 valence electrons. The van der Waals surface area contributed by atoms with Crippen LogP contribution in [-0.4, -0.2) is 44.7 Å². The molecule has 7 nitrogen and oxygen atoms in total. The molecule has 2 aromatic heterocycles. The molecule has 0 bridgehead atoms. The number of hydrogen-bond donors (Lipinski definition) is 2. The van der Waals surface area contributed by atoms with E-state index in [-0.39, 0.29) is 33.7 Å². The highest BCUT2D eigenvalue weighted by Crippen LogP contribution is 2.53. The van der Waals surface area contributed by atoms with Crippen molar-refractivity contribution in [3.63, 3.8) is 0 Å². The summed E-state index contributed by atoms with van der Waals surface area (Å²) in [6.07, 6.45) is 5.62. The Hall–Kier alpha value is -2.51. The number of anilines is 1. The summed E-state index contributed by atoms with van der Waals surface area (Å²) in [6.45, 7) is 1.47. The van der Waals surface area contributed by atoms with Crippen LogP contribution in [0.3, 0.4) is 0 Å². The van der Waals surface area contributed by atoms with Crippen molar-refractivity contribution in [1.82, 2.24) is 19.9 Å². The highest BCUT2D eigenvalue weighted by molar-refractivity contribution is 6.36. The molecule has 2 N–H and O–H groups in total. The van der Waals surface area contributed by atoms with Gasteiger partial charge in [-0.15, -0.1) is 5.10 Å². The second kappa shape index (κ2) is 6.25. The number of amides is 1. The summed E-state index contributed by atoms with van der Waals surface area (Å²) in [7, 11) is 0. The first-order valence-corrected chi connectivity index (χ1v) is 9.75. The monoisotopic (exact) mass is 417 g/mol. The minimum atomic E-state index is -0.377. The van der Waals surface area contributed by atoms with Gasteiger partial charge in [0.1, 0.15) is 11.6 Å². The molecule has 0 radical (unpaired) electrons. The third-order valence-electron chi connectivity index (χ3n) is 5.68. The summed E-state index contributed by atoms with van der Waals surface area (Å²) in [5.41, 5.74) is 0.922. The van der Waals surface area contributed by atoms with E-state index in [9.17, 15) is 9.90 Å². The topological polar surface area (TPSA) is 82.8 Å². The molecule has 1 aliphatic heterocycles. The van der Waals surface area contributed by atoms with Gasteiger partial charge in [0.15, 0.2) is 5.65 Å². The molecule has 3 aromatic rings. The summed E-state index contributed by atoms with van der Waals surface area (Å²) in [5, 5.41) is 18.2. The number of fused-ring (bicyclic) bond motifs is 1. The van der Waals surface area contributed by atoms with Crippen molar-refractivity contribution in [2.45, 2.75) is 18.9 Å². The predicted molar refractivity (Wildman–Crippen MR) is 106 cm³/mol. The molecule has 2 fully saturated rings. The van der Waals surface area contributed by atoms with E-state index in [2.05, 4.69) is 20.3 Å². The van der Waals surface area contributed by atoms with Crippen LogP contribution in [0.5, 0.6) is 5.75 Å². The molecular formula is C19H17Cl2N5O2. The van der Waals surface area contributed by atoms with Crippen LogP contribution in [0.25, 0.3) is 5.65 Å². The van der Waals surface area contributed by atoms with Crippen molar-refractivity contribution < 1.29 is 9.90 Å². The van der Waals surface area contributed by atoms with Crippen LogP contribution in [0.4, 0.5) is 5.82 Å². The third-order valence-corrected chi connectivity index (χ3v) is 6.19. The molecule has 1 saturated carbocycles. The van der Waals surface area contributed by atoms with Gasteiger partial charge in [0.25, 0.3) is 5.91 Å². The summed E-state index contributed by atoms with van der Waals surface area (Å²) < 4.78 is 1.74. The van der Waals surface area contributed by atoms with Crippen LogP contribution in [-0.2, 0) is 0 Å². The van der Waals surface area contributed by atoms with Gasteiger partial charge in [-0.3, -0.25) is 4.79 Å². The van der Waals surface area contributed by atoms with Crippen molar-refractivity contribution >= 4 is 40.6 Å². The van der Waals surface area contributed by atoms with Crippen LogP contribution in [0.1, 0.15) is 23.2 Å². The van der Waals surface area contributed by atoms with E-state index >= 15 is 0 Å². The zero-order chi connectivity index (χ0) is 19.5. The summed E-state index contributed by atoms with van der Waals surface area (Å²) >= 11 is 11.9. The molecule has 28 heavy (non-hydrogen) atoms. The second-order valence-electron chi connectivity index (χ2n) is 7.47. The Morgan fingerprint density at radius 1 is 1.29 bits per heavy atom. The van der Waals surface area contributed by atoms with E-state index in [4.69, 9.17) is 23.2 Å². The Labute approximate surface area is 170 Å². The lowest BCUT2D eigenvalue weighted by atomic mass is 10.0. The van der Waals surface area contributed by atoms with E-state index in [1.54, 1.807) is 10.7 Å². The van der Waals surface area contributed by atoms with Gasteiger partial charge in [0.2, 0.25) is 0 Å². The molecule has 2 aliphatic rings. The molecule has 0 unspecified atom stereocenters. The first-order valence-electron chi connectivity index (χ1n) is 8.99. The number of carbonyl (C=O) groups is 1. The molecule has 1 amide bonds. The molecule has 3 heterocycles. The average molecular weight is 418 g/mol. The average Bonchev–Trinajstić information content (AvgIpc) is 3.14. The van der Waals surface area contributed by atoms with E-state index in [0.717, 1.165) is 30.9 Å². The Bertz CT molecular complexity index is 1100. The first kappa shape index (κ1) is 17.6. The van der Waals surface area contributed by atoms with E-state index < -0.39 is 0 Å². The van der Waals surface area contributed by atoms with Crippen LogP contribution in [0.2, 0.25) is 10.0 Å². The van der Waals surface area contributed by atoms with E-state index in [1.165, 1.54) is 12.1 Å². The SMILES string of the molecule is O=C(N[C@@H]1CN(c2ccc3nccn3n2)CC12CC2)c1cc(Cl)cc(Cl)c1O. The van der Waals surface area contributed by atoms with Gasteiger partial charge in [-0.1, -0.05) is 23.2 Å². The van der Waals surface area contributed by atoms with Gasteiger partial charge in [-0.05, 0) is 37.1 Å². The fourth-order valence-corrected chi connectivity index (χ4v) is 4.45. The zero-order valence-corrected chi connectivity index (χ0v) is 16.3. The number of benzene rings is 1. The highest BCUT2D eigenvalue weighted by atomic mass is 35.5. The molecule has 1 aromatic carbocycles. The van der Waals surface area contributed by atoms with Gasteiger partial charge in [-0.25, -0.2) is 9.50 Å². The lowest BCUT2D eigenvalue weighted by Crippen LogP contribution is -2.41. The number of rotatable bonds is 3. The lowest BCUT2D eigenvalue weighted by molar-refractivity contribution is 0.0925. The number of halogens is 2. The fraction of sp³-hybridized carbons (Fsp3) is 0.316. The van der Waals surface area contributed by atoms with Gasteiger partial charge in [-0.2, -0.15) is 0 Å². The summed E-state index contributed by atoms with van der Waals surface area (Å²) in [6, 6.07) is 6.67. The lowest BCUT2D eigenvalue weighted by Gasteiger charge is -2.19. The number of hydrogen-bond acceptors (Lipinski definition) is 5. The summed E-state index contributed by atoms with van der Waals surface area (Å²) in [5.74, 6) is 0.218. The quantitative estimate of drug-likeness (QED) is 0.683. The highest BCUT2D eigenvalue weighted by Gasteiger charge is 2.56. The number of imidazole rings is 1. The maximum atomic E-state index is 12.8. The number of nitrogens with one attached hydrogen (secondary N) is 1. The van der Waals surface area contributed by atoms with Crippen LogP contribution >= 0.6 is 23.2 Å². The van der Waals surface area contributed by atoms with Crippen molar-refractivity contribution in [2.75, 3.05) is 18.0 Å². The molecule has 9 heteroatoms. The van der Waals surface area contributed by atoms with Gasteiger partial charge in [0.05, 0.1) is 16.6 Å². The van der Waals surface area contributed by atoms with Crippen LogP contribution in [0, 0.1) is 5.41 Å². The maximum absolute atomic E-state index is 12.8. The van der Waals surface area contributed by atoms with E-state index in [0.29, 0.717) is 11.6 Å². The number of phenols is 1. The molecular weight excluding hydrogens is 401 g/mol. The molecule has 1 aliphatic carbocycles. The van der Waals surface area contributed by atoms with E-state index in [1.807, 2.05) is 18.3 Å². The van der Waals surface area contributed by atoms with Crippen molar-refractivity contribution in [3.05, 3.63) is 52.3 Å². The number of nitrogens with zero attached hydrogens (tertiary/aromatic N) is 4. The number of aromatic hydroxyl groups is 1. The number of aromatic nitrogens is 3. The molecule has 1 atom stereocenters. The zero-order valence-electron chi connectivity index (χ0n) is 14.8. The number of carbonyl (C=O) groups excluding carboxylic acids is 1. The smallest absolute Gasteiger partial charge is 0.255 e. The number of phenolic OH excluding ortho intramolecular Hbond substituents is 1. The normalized spacial score (nSPS) is 20.1. The van der Waals surface area contributed by atoms with Gasteiger partial charge < -0.3 is 15.3 Å². The van der Waals surface area contributed by atoms with Crippen LogP contribution in [0.15, 0.2) is 36.7 Å². The largest absolute Gasteiger partial charge is 0.506 e. The Morgan fingerprint density at radius 3 is 2.89 bits per heavy atom. The second-order valence-corrected chi connectivity index (χ2v) is 8.32.